The van der Waals surface area contributed by atoms with Gasteiger partial charge in [-0.05, 0) is 56.7 Å². The molecule has 0 unspecified atom stereocenters. The first-order chi connectivity index (χ1) is 14.0. The molecule has 0 fully saturated rings. The van der Waals surface area contributed by atoms with E-state index in [1.54, 1.807) is 45.0 Å². The third kappa shape index (κ3) is 4.61. The first-order valence-electron chi connectivity index (χ1n) is 8.82. The van der Waals surface area contributed by atoms with Crippen LogP contribution in [0.2, 0.25) is 10.0 Å². The first kappa shape index (κ1) is 22.2. The Morgan fingerprint density at radius 2 is 1.57 bits per heavy atom. The van der Waals surface area contributed by atoms with Crippen LogP contribution in [0.4, 0.5) is 16.2 Å². The van der Waals surface area contributed by atoms with Gasteiger partial charge in [0.2, 0.25) is 0 Å². The molecule has 0 bridgehead atoms. The lowest BCUT2D eigenvalue weighted by Gasteiger charge is -2.19. The highest BCUT2D eigenvalue weighted by molar-refractivity contribution is 6.60. The molecule has 1 aliphatic heterocycles. The Kier molecular flexibility index (Phi) is 6.13. The van der Waals surface area contributed by atoms with Crippen LogP contribution in [0.1, 0.15) is 26.3 Å². The molecule has 0 saturated carbocycles. The lowest BCUT2D eigenvalue weighted by atomic mass is 10.1. The zero-order valence-corrected chi connectivity index (χ0v) is 18.5. The molecule has 2 aromatic rings. The van der Waals surface area contributed by atoms with E-state index in [0.29, 0.717) is 16.3 Å². The summed E-state index contributed by atoms with van der Waals surface area (Å²) in [6.07, 6.45) is -0.606. The smallest absolute Gasteiger partial charge is 0.412 e. The van der Waals surface area contributed by atoms with Crippen molar-refractivity contribution < 1.29 is 19.1 Å². The van der Waals surface area contributed by atoms with Gasteiger partial charge in [-0.15, -0.1) is 0 Å². The quantitative estimate of drug-likeness (QED) is 0.573. The molecule has 3 amide bonds. The highest BCUT2D eigenvalue weighted by Crippen LogP contribution is 2.37. The van der Waals surface area contributed by atoms with Crippen molar-refractivity contribution in [2.75, 3.05) is 10.2 Å². The molecule has 9 heteroatoms. The second-order valence-corrected chi connectivity index (χ2v) is 8.63. The minimum atomic E-state index is -0.661. The van der Waals surface area contributed by atoms with Crippen molar-refractivity contribution in [1.82, 2.24) is 0 Å². The van der Waals surface area contributed by atoms with Gasteiger partial charge in [0, 0.05) is 5.69 Å². The number of anilines is 2. The van der Waals surface area contributed by atoms with Crippen molar-refractivity contribution in [3.8, 4) is 0 Å². The van der Waals surface area contributed by atoms with Gasteiger partial charge in [0.05, 0.1) is 21.3 Å². The number of imide groups is 1. The van der Waals surface area contributed by atoms with E-state index >= 15 is 0 Å². The minimum Gasteiger partial charge on any atom is -0.444 e. The van der Waals surface area contributed by atoms with Gasteiger partial charge < -0.3 is 4.74 Å². The summed E-state index contributed by atoms with van der Waals surface area (Å²) in [6.45, 7) is 5.27. The third-order valence-corrected chi connectivity index (χ3v) is 5.10. The van der Waals surface area contributed by atoms with E-state index in [1.165, 1.54) is 18.2 Å². The van der Waals surface area contributed by atoms with Crippen LogP contribution in [0.15, 0.2) is 47.5 Å². The number of rotatable bonds is 3. The van der Waals surface area contributed by atoms with Gasteiger partial charge in [0.1, 0.15) is 10.6 Å². The molecule has 2 aromatic carbocycles. The zero-order valence-electron chi connectivity index (χ0n) is 16.3. The predicted octanol–water partition coefficient (Wildman–Crippen LogP) is 5.86. The predicted molar refractivity (Wildman–Crippen MR) is 118 cm³/mol. The monoisotopic (exact) mass is 466 g/mol. The first-order valence-corrected chi connectivity index (χ1v) is 9.95. The van der Waals surface area contributed by atoms with E-state index in [0.717, 1.165) is 4.90 Å². The largest absolute Gasteiger partial charge is 0.444 e. The van der Waals surface area contributed by atoms with Gasteiger partial charge in [-0.25, -0.2) is 9.69 Å². The highest BCUT2D eigenvalue weighted by Gasteiger charge is 2.39. The molecule has 1 heterocycles. The number of amides is 3. The van der Waals surface area contributed by atoms with Gasteiger partial charge in [0.15, 0.2) is 0 Å². The molecular formula is C21H17Cl3N2O4. The molecule has 1 N–H and O–H groups in total. The Bertz CT molecular complexity index is 1070. The molecule has 30 heavy (non-hydrogen) atoms. The Labute approximate surface area is 188 Å². The Balaban J connectivity index is 1.83. The number of benzene rings is 2. The fraction of sp³-hybridized carbons (Fsp3) is 0.190. The molecule has 6 nitrogen and oxygen atoms in total. The number of hydrogen-bond donors (Lipinski definition) is 1. The lowest BCUT2D eigenvalue weighted by molar-refractivity contribution is -0.119. The van der Waals surface area contributed by atoms with Crippen LogP contribution >= 0.6 is 34.8 Å². The van der Waals surface area contributed by atoms with E-state index < -0.39 is 23.5 Å². The fourth-order valence-corrected chi connectivity index (χ4v) is 3.32. The van der Waals surface area contributed by atoms with Crippen LogP contribution < -0.4 is 10.2 Å². The normalized spacial score (nSPS) is 14.4. The van der Waals surface area contributed by atoms with Crippen LogP contribution in [-0.2, 0) is 14.3 Å². The van der Waals surface area contributed by atoms with Gasteiger partial charge in [0.25, 0.3) is 11.8 Å². The van der Waals surface area contributed by atoms with Crippen LogP contribution in [-0.4, -0.2) is 23.5 Å². The molecule has 0 spiro atoms. The summed E-state index contributed by atoms with van der Waals surface area (Å²) < 4.78 is 5.19. The molecule has 0 aromatic heterocycles. The molecule has 0 atom stereocenters. The average molecular weight is 468 g/mol. The zero-order chi connectivity index (χ0) is 22.2. The standard InChI is InChI=1S/C21H17Cl3N2O4/c1-21(2,3)30-20(29)25-12-6-4-11(5-7-12)16-17(24)19(28)26(18(16)27)13-8-9-14(22)15(23)10-13/h4-10H,1-3H3,(H,25,29). The number of ether oxygens (including phenoxy) is 1. The highest BCUT2D eigenvalue weighted by atomic mass is 35.5. The Hall–Kier alpha value is -2.54. The summed E-state index contributed by atoms with van der Waals surface area (Å²) >= 11 is 18.1. The Morgan fingerprint density at radius 1 is 0.933 bits per heavy atom. The molecule has 0 aliphatic carbocycles. The van der Waals surface area contributed by atoms with Crippen LogP contribution in [0.5, 0.6) is 0 Å². The lowest BCUT2D eigenvalue weighted by Crippen LogP contribution is -2.31. The SMILES string of the molecule is CC(C)(C)OC(=O)Nc1ccc(C2=C(Cl)C(=O)N(c3ccc(Cl)c(Cl)c3)C2=O)cc1. The molecular weight excluding hydrogens is 451 g/mol. The van der Waals surface area contributed by atoms with E-state index in [1.807, 2.05) is 0 Å². The summed E-state index contributed by atoms with van der Waals surface area (Å²) in [6, 6.07) is 10.7. The van der Waals surface area contributed by atoms with Crippen LogP contribution in [0.25, 0.3) is 5.57 Å². The topological polar surface area (TPSA) is 75.7 Å². The maximum absolute atomic E-state index is 12.9. The number of carbonyl (C=O) groups is 3. The molecule has 1 aliphatic rings. The van der Waals surface area contributed by atoms with Crippen molar-refractivity contribution in [1.29, 1.82) is 0 Å². The van der Waals surface area contributed by atoms with Crippen molar-refractivity contribution in [3.05, 3.63) is 63.1 Å². The molecule has 3 rings (SSSR count). The second kappa shape index (κ2) is 8.30. The summed E-state index contributed by atoms with van der Waals surface area (Å²) in [4.78, 5) is 38.4. The van der Waals surface area contributed by atoms with E-state index in [9.17, 15) is 14.4 Å². The number of carbonyl (C=O) groups excluding carboxylic acids is 3. The van der Waals surface area contributed by atoms with Crippen molar-refractivity contribution in [2.24, 2.45) is 0 Å². The summed E-state index contributed by atoms with van der Waals surface area (Å²) in [5.41, 5.74) is 0.568. The maximum Gasteiger partial charge on any atom is 0.412 e. The fourth-order valence-electron chi connectivity index (χ4n) is 2.75. The van der Waals surface area contributed by atoms with Crippen molar-refractivity contribution in [2.45, 2.75) is 26.4 Å². The minimum absolute atomic E-state index is 0.0524. The molecule has 0 saturated heterocycles. The maximum atomic E-state index is 12.9. The summed E-state index contributed by atoms with van der Waals surface area (Å²) in [5.74, 6) is -1.25. The van der Waals surface area contributed by atoms with E-state index in [2.05, 4.69) is 5.32 Å². The number of halogens is 3. The van der Waals surface area contributed by atoms with Gasteiger partial charge in [-0.2, -0.15) is 0 Å². The van der Waals surface area contributed by atoms with Gasteiger partial charge in [-0.3, -0.25) is 14.9 Å². The van der Waals surface area contributed by atoms with Crippen molar-refractivity contribution in [3.63, 3.8) is 0 Å². The van der Waals surface area contributed by atoms with Gasteiger partial charge in [-0.1, -0.05) is 46.9 Å². The number of nitrogens with zero attached hydrogens (tertiary/aromatic N) is 1. The van der Waals surface area contributed by atoms with Crippen molar-refractivity contribution >= 4 is 69.7 Å². The molecule has 0 radical (unpaired) electrons. The van der Waals surface area contributed by atoms with Crippen LogP contribution in [0.3, 0.4) is 0 Å². The third-order valence-electron chi connectivity index (χ3n) is 4.01. The van der Waals surface area contributed by atoms with Crippen LogP contribution in [0, 0.1) is 0 Å². The van der Waals surface area contributed by atoms with E-state index in [-0.39, 0.29) is 21.3 Å². The number of hydrogen-bond acceptors (Lipinski definition) is 4. The average Bonchev–Trinajstić information content (AvgIpc) is 2.86. The summed E-state index contributed by atoms with van der Waals surface area (Å²) in [7, 11) is 0. The van der Waals surface area contributed by atoms with Gasteiger partial charge >= 0.3 is 6.09 Å². The number of nitrogens with one attached hydrogen (secondary N) is 1. The Morgan fingerprint density at radius 3 is 2.13 bits per heavy atom. The molecule has 156 valence electrons. The van der Waals surface area contributed by atoms with E-state index in [4.69, 9.17) is 39.5 Å². The second-order valence-electron chi connectivity index (χ2n) is 7.44. The summed E-state index contributed by atoms with van der Waals surface area (Å²) in [5, 5.41) is 2.89.